The number of fused-ring (bicyclic) bond motifs is 2. The number of ether oxygens (including phenoxy) is 1. The topological polar surface area (TPSA) is 43.9 Å². The number of aryl methyl sites for hydroxylation is 1. The minimum Gasteiger partial charge on any atom is -0.444 e. The van der Waals surface area contributed by atoms with E-state index >= 15 is 0 Å². The van der Waals surface area contributed by atoms with Gasteiger partial charge in [0.05, 0.1) is 6.04 Å². The Balaban J connectivity index is 1.75. The van der Waals surface area contributed by atoms with Gasteiger partial charge in [0, 0.05) is 35.4 Å². The molecule has 1 aliphatic carbocycles. The molecule has 3 aromatic rings. The Labute approximate surface area is 145 Å². The summed E-state index contributed by atoms with van der Waals surface area (Å²) in [4.78, 5) is 13.6. The van der Waals surface area contributed by atoms with Crippen molar-refractivity contribution in [3.05, 3.63) is 64.0 Å². The molecule has 0 bridgehead atoms. The van der Waals surface area contributed by atoms with E-state index in [1.54, 1.807) is 6.07 Å². The molecule has 1 fully saturated rings. The molecule has 5 rings (SSSR count). The summed E-state index contributed by atoms with van der Waals surface area (Å²) in [5, 5.41) is 0.989. The van der Waals surface area contributed by atoms with Crippen LogP contribution in [-0.4, -0.2) is 12.8 Å². The Bertz CT molecular complexity index is 1020. The van der Waals surface area contributed by atoms with Crippen molar-refractivity contribution >= 4 is 11.0 Å². The maximum Gasteiger partial charge on any atom is 0.336 e. The number of hydrogen-bond donors (Lipinski definition) is 1. The van der Waals surface area contributed by atoms with Gasteiger partial charge in [-0.3, -0.25) is 4.90 Å². The highest BCUT2D eigenvalue weighted by Crippen LogP contribution is 2.36. The van der Waals surface area contributed by atoms with Crippen LogP contribution in [-0.2, 0) is 6.54 Å². The van der Waals surface area contributed by atoms with E-state index < -0.39 is 0 Å². The lowest BCUT2D eigenvalue weighted by atomic mass is 9.97. The molecule has 126 valence electrons. The molecule has 1 atom stereocenters. The Morgan fingerprint density at radius 3 is 2.68 bits per heavy atom. The SMILES string of the molecule is Cc1c2c(cc3c(-c4ccccc4)cc(=O)oc13)C[NH+](C1CC1)CO2. The van der Waals surface area contributed by atoms with Crippen LogP contribution in [0.5, 0.6) is 5.75 Å². The summed E-state index contributed by atoms with van der Waals surface area (Å²) in [6.45, 7) is 3.66. The molecule has 25 heavy (non-hydrogen) atoms. The first-order valence-corrected chi connectivity index (χ1v) is 8.84. The second-order valence-electron chi connectivity index (χ2n) is 7.11. The van der Waals surface area contributed by atoms with Crippen LogP contribution < -0.4 is 15.3 Å². The van der Waals surface area contributed by atoms with Crippen molar-refractivity contribution in [3.8, 4) is 16.9 Å². The van der Waals surface area contributed by atoms with Crippen LogP contribution >= 0.6 is 0 Å². The zero-order valence-electron chi connectivity index (χ0n) is 14.2. The highest BCUT2D eigenvalue weighted by molar-refractivity contribution is 5.96. The number of benzene rings is 2. The standard InChI is InChI=1S/C21H19NO3/c1-13-20-15(11-22(12-24-20)16-7-8-16)9-18-17(10-19(23)25-21(13)18)14-5-3-2-4-6-14/h2-6,9-10,16H,7-8,11-12H2,1H3/p+1. The van der Waals surface area contributed by atoms with Gasteiger partial charge in [0.2, 0.25) is 6.73 Å². The molecular formula is C21H20NO3+. The van der Waals surface area contributed by atoms with Crippen molar-refractivity contribution in [3.63, 3.8) is 0 Å². The zero-order chi connectivity index (χ0) is 17.0. The first-order valence-electron chi connectivity index (χ1n) is 8.84. The molecule has 0 spiro atoms. The van der Waals surface area contributed by atoms with E-state index in [9.17, 15) is 4.79 Å². The van der Waals surface area contributed by atoms with Crippen molar-refractivity contribution < 1.29 is 14.1 Å². The van der Waals surface area contributed by atoms with Crippen LogP contribution in [0.15, 0.2) is 51.7 Å². The number of nitrogens with one attached hydrogen (secondary N) is 1. The molecule has 4 heteroatoms. The molecule has 4 nitrogen and oxygen atoms in total. The van der Waals surface area contributed by atoms with Crippen molar-refractivity contribution in [1.82, 2.24) is 0 Å². The van der Waals surface area contributed by atoms with Crippen LogP contribution in [0.3, 0.4) is 0 Å². The third-order valence-corrected chi connectivity index (χ3v) is 5.35. The summed E-state index contributed by atoms with van der Waals surface area (Å²) >= 11 is 0. The van der Waals surface area contributed by atoms with E-state index in [0.29, 0.717) is 12.3 Å². The molecule has 1 unspecified atom stereocenters. The molecule has 1 saturated carbocycles. The van der Waals surface area contributed by atoms with Gasteiger partial charge in [0.1, 0.15) is 17.9 Å². The van der Waals surface area contributed by atoms with Gasteiger partial charge in [0.25, 0.3) is 0 Å². The monoisotopic (exact) mass is 334 g/mol. The lowest BCUT2D eigenvalue weighted by Crippen LogP contribution is -3.13. The summed E-state index contributed by atoms with van der Waals surface area (Å²) in [5.74, 6) is 0.894. The predicted octanol–water partition coefficient (Wildman–Crippen LogP) is 2.67. The summed E-state index contributed by atoms with van der Waals surface area (Å²) in [6, 6.07) is 14.5. The largest absolute Gasteiger partial charge is 0.444 e. The van der Waals surface area contributed by atoms with E-state index in [0.717, 1.165) is 40.4 Å². The zero-order valence-corrected chi connectivity index (χ0v) is 14.2. The molecule has 1 aliphatic heterocycles. The van der Waals surface area contributed by atoms with Crippen LogP contribution in [0.1, 0.15) is 24.0 Å². The van der Waals surface area contributed by atoms with Gasteiger partial charge in [-0.1, -0.05) is 30.3 Å². The van der Waals surface area contributed by atoms with Crippen molar-refractivity contribution in [2.45, 2.75) is 32.4 Å². The Kier molecular flexibility index (Phi) is 3.22. The lowest BCUT2D eigenvalue weighted by Gasteiger charge is -2.27. The van der Waals surface area contributed by atoms with Crippen molar-refractivity contribution in [1.29, 1.82) is 0 Å². The third kappa shape index (κ3) is 2.45. The van der Waals surface area contributed by atoms with Crippen LogP contribution in [0.4, 0.5) is 0 Å². The van der Waals surface area contributed by atoms with Gasteiger partial charge in [-0.15, -0.1) is 0 Å². The molecule has 2 heterocycles. The molecule has 1 aromatic heterocycles. The fourth-order valence-electron chi connectivity index (χ4n) is 3.91. The van der Waals surface area contributed by atoms with Gasteiger partial charge in [-0.25, -0.2) is 4.79 Å². The highest BCUT2D eigenvalue weighted by Gasteiger charge is 2.37. The molecule has 0 saturated heterocycles. The van der Waals surface area contributed by atoms with E-state index in [1.807, 2.05) is 37.3 Å². The van der Waals surface area contributed by atoms with Crippen LogP contribution in [0.25, 0.3) is 22.1 Å². The van der Waals surface area contributed by atoms with Gasteiger partial charge in [0.15, 0.2) is 0 Å². The number of quaternary nitrogens is 1. The first kappa shape index (κ1) is 14.7. The molecule has 2 aliphatic rings. The van der Waals surface area contributed by atoms with E-state index in [4.69, 9.17) is 9.15 Å². The smallest absolute Gasteiger partial charge is 0.336 e. The normalized spacial score (nSPS) is 19.5. The van der Waals surface area contributed by atoms with Gasteiger partial charge in [-0.05, 0) is 24.1 Å². The van der Waals surface area contributed by atoms with E-state index in [1.165, 1.54) is 23.3 Å². The average molecular weight is 334 g/mol. The molecule has 2 aromatic carbocycles. The van der Waals surface area contributed by atoms with Crippen molar-refractivity contribution in [2.24, 2.45) is 0 Å². The fourth-order valence-corrected chi connectivity index (χ4v) is 3.91. The molecule has 0 radical (unpaired) electrons. The van der Waals surface area contributed by atoms with Crippen LogP contribution in [0, 0.1) is 6.92 Å². The minimum atomic E-state index is -0.324. The number of hydrogen-bond acceptors (Lipinski definition) is 3. The van der Waals surface area contributed by atoms with Gasteiger partial charge in [-0.2, -0.15) is 0 Å². The lowest BCUT2D eigenvalue weighted by molar-refractivity contribution is -0.943. The summed E-state index contributed by atoms with van der Waals surface area (Å²) in [7, 11) is 0. The highest BCUT2D eigenvalue weighted by atomic mass is 16.5. The van der Waals surface area contributed by atoms with Crippen molar-refractivity contribution in [2.75, 3.05) is 6.73 Å². The Hall–Kier alpha value is -2.59. The maximum atomic E-state index is 12.1. The summed E-state index contributed by atoms with van der Waals surface area (Å²) in [6.07, 6.45) is 2.59. The first-order chi connectivity index (χ1) is 12.2. The second kappa shape index (κ2) is 5.46. The van der Waals surface area contributed by atoms with E-state index in [-0.39, 0.29) is 5.63 Å². The summed E-state index contributed by atoms with van der Waals surface area (Å²) < 4.78 is 11.6. The second-order valence-corrected chi connectivity index (χ2v) is 7.11. The van der Waals surface area contributed by atoms with Gasteiger partial charge >= 0.3 is 5.63 Å². The quantitative estimate of drug-likeness (QED) is 0.733. The van der Waals surface area contributed by atoms with E-state index in [2.05, 4.69) is 6.07 Å². The fraction of sp³-hybridized carbons (Fsp3) is 0.286. The van der Waals surface area contributed by atoms with Gasteiger partial charge < -0.3 is 9.15 Å². The molecular weight excluding hydrogens is 314 g/mol. The Morgan fingerprint density at radius 2 is 1.92 bits per heavy atom. The van der Waals surface area contributed by atoms with Crippen LogP contribution in [0.2, 0.25) is 0 Å². The molecule has 0 amide bonds. The third-order valence-electron chi connectivity index (χ3n) is 5.35. The Morgan fingerprint density at radius 1 is 1.12 bits per heavy atom. The number of rotatable bonds is 2. The molecule has 1 N–H and O–H groups in total. The summed E-state index contributed by atoms with van der Waals surface area (Å²) in [5.41, 5.74) is 4.41. The predicted molar refractivity (Wildman–Crippen MR) is 95.8 cm³/mol. The average Bonchev–Trinajstić information content (AvgIpc) is 3.48. The maximum absolute atomic E-state index is 12.1. The minimum absolute atomic E-state index is 0.324.